The Morgan fingerprint density at radius 1 is 1.32 bits per heavy atom. The van der Waals surface area contributed by atoms with E-state index in [9.17, 15) is 0 Å². The molecule has 160 valence electrons. The molecule has 2 aliphatic rings. The number of nitrogens with zero attached hydrogens (tertiary/aromatic N) is 2. The summed E-state index contributed by atoms with van der Waals surface area (Å²) in [5, 5.41) is 9.26. The molecule has 5 nitrogen and oxygen atoms in total. The molecule has 2 fully saturated rings. The van der Waals surface area contributed by atoms with Crippen LogP contribution in [0.1, 0.15) is 44.9 Å². The van der Waals surface area contributed by atoms with Gasteiger partial charge in [-0.05, 0) is 43.6 Å². The number of hydrogen-bond acceptors (Lipinski definition) is 4. The fourth-order valence-corrected chi connectivity index (χ4v) is 4.73. The van der Waals surface area contributed by atoms with Crippen molar-refractivity contribution in [2.24, 2.45) is 10.9 Å². The Bertz CT molecular complexity index is 579. The summed E-state index contributed by atoms with van der Waals surface area (Å²) in [5.41, 5.74) is 0.0727. The van der Waals surface area contributed by atoms with Gasteiger partial charge in [-0.2, -0.15) is 0 Å². The van der Waals surface area contributed by atoms with E-state index < -0.39 is 0 Å². The van der Waals surface area contributed by atoms with E-state index in [0.717, 1.165) is 38.2 Å². The molecule has 1 atom stereocenters. The number of piperidine rings is 1. The Hall–Kier alpha value is -0.380. The van der Waals surface area contributed by atoms with Gasteiger partial charge in [0.15, 0.2) is 5.96 Å². The van der Waals surface area contributed by atoms with Gasteiger partial charge >= 0.3 is 0 Å². The summed E-state index contributed by atoms with van der Waals surface area (Å²) in [6.07, 6.45) is 3.61. The fourth-order valence-electron chi connectivity index (χ4n) is 3.88. The molecule has 1 aromatic rings. The Balaban J connectivity index is 0.00000280. The lowest BCUT2D eigenvalue weighted by molar-refractivity contribution is 0.150. The first kappa shape index (κ1) is 23.9. The van der Waals surface area contributed by atoms with Gasteiger partial charge in [-0.15, -0.1) is 35.3 Å². The van der Waals surface area contributed by atoms with Crippen LogP contribution in [0.25, 0.3) is 0 Å². The largest absolute Gasteiger partial charge is 0.381 e. The van der Waals surface area contributed by atoms with Crippen molar-refractivity contribution in [3.63, 3.8) is 0 Å². The molecule has 2 aliphatic heterocycles. The number of rotatable bonds is 7. The molecule has 0 saturated carbocycles. The van der Waals surface area contributed by atoms with Crippen LogP contribution in [-0.2, 0) is 10.2 Å². The predicted molar refractivity (Wildman–Crippen MR) is 130 cm³/mol. The maximum absolute atomic E-state index is 5.52. The SMILES string of the molecule is CCNC(=NCC(C)(C)c1cccs1)NC1CCN(CC2CCOC2)CC1.I. The third kappa shape index (κ3) is 7.15. The summed E-state index contributed by atoms with van der Waals surface area (Å²) < 4.78 is 5.52. The Labute approximate surface area is 191 Å². The minimum absolute atomic E-state index is 0. The predicted octanol–water partition coefficient (Wildman–Crippen LogP) is 3.70. The topological polar surface area (TPSA) is 48.9 Å². The van der Waals surface area contributed by atoms with Crippen molar-refractivity contribution in [3.05, 3.63) is 22.4 Å². The summed E-state index contributed by atoms with van der Waals surface area (Å²) in [6.45, 7) is 13.8. The molecule has 2 N–H and O–H groups in total. The van der Waals surface area contributed by atoms with Gasteiger partial charge in [-0.25, -0.2) is 0 Å². The van der Waals surface area contributed by atoms with Crippen LogP contribution < -0.4 is 10.6 Å². The smallest absolute Gasteiger partial charge is 0.191 e. The highest BCUT2D eigenvalue weighted by atomic mass is 127. The highest BCUT2D eigenvalue weighted by Crippen LogP contribution is 2.27. The first-order valence-electron chi connectivity index (χ1n) is 10.5. The highest BCUT2D eigenvalue weighted by molar-refractivity contribution is 14.0. The minimum atomic E-state index is 0. The Morgan fingerprint density at radius 2 is 2.11 bits per heavy atom. The van der Waals surface area contributed by atoms with E-state index in [1.807, 2.05) is 11.3 Å². The average molecular weight is 521 g/mol. The van der Waals surface area contributed by atoms with Gasteiger partial charge in [0, 0.05) is 49.1 Å². The number of nitrogens with one attached hydrogen (secondary N) is 2. The van der Waals surface area contributed by atoms with Gasteiger partial charge in [-0.3, -0.25) is 4.99 Å². The van der Waals surface area contributed by atoms with E-state index in [1.54, 1.807) is 0 Å². The monoisotopic (exact) mass is 520 g/mol. The van der Waals surface area contributed by atoms with Crippen LogP contribution in [0.4, 0.5) is 0 Å². The van der Waals surface area contributed by atoms with Crippen LogP contribution in [0.2, 0.25) is 0 Å². The number of ether oxygens (including phenoxy) is 1. The Morgan fingerprint density at radius 3 is 2.71 bits per heavy atom. The van der Waals surface area contributed by atoms with E-state index >= 15 is 0 Å². The molecule has 2 saturated heterocycles. The fraction of sp³-hybridized carbons (Fsp3) is 0.762. The number of hydrogen-bond donors (Lipinski definition) is 2. The lowest BCUT2D eigenvalue weighted by atomic mass is 9.92. The summed E-state index contributed by atoms with van der Waals surface area (Å²) in [4.78, 5) is 8.92. The summed E-state index contributed by atoms with van der Waals surface area (Å²) in [7, 11) is 0. The first-order chi connectivity index (χ1) is 13.1. The lowest BCUT2D eigenvalue weighted by Gasteiger charge is -2.34. The van der Waals surface area contributed by atoms with Gasteiger partial charge < -0.3 is 20.3 Å². The minimum Gasteiger partial charge on any atom is -0.381 e. The molecule has 3 rings (SSSR count). The number of thiophene rings is 1. The van der Waals surface area contributed by atoms with E-state index in [0.29, 0.717) is 6.04 Å². The third-order valence-corrected chi connectivity index (χ3v) is 6.87. The molecule has 3 heterocycles. The molecule has 7 heteroatoms. The van der Waals surface area contributed by atoms with Crippen molar-refractivity contribution in [2.75, 3.05) is 45.9 Å². The summed E-state index contributed by atoms with van der Waals surface area (Å²) in [6, 6.07) is 4.86. The van der Waals surface area contributed by atoms with E-state index in [1.165, 1.54) is 43.8 Å². The lowest BCUT2D eigenvalue weighted by Crippen LogP contribution is -2.49. The van der Waals surface area contributed by atoms with E-state index in [4.69, 9.17) is 9.73 Å². The van der Waals surface area contributed by atoms with E-state index in [-0.39, 0.29) is 29.4 Å². The van der Waals surface area contributed by atoms with Crippen molar-refractivity contribution in [1.29, 1.82) is 0 Å². The number of halogens is 1. The quantitative estimate of drug-likeness (QED) is 0.327. The zero-order valence-corrected chi connectivity index (χ0v) is 20.7. The molecular formula is C21H37IN4OS. The van der Waals surface area contributed by atoms with Gasteiger partial charge in [0.05, 0.1) is 13.2 Å². The van der Waals surface area contributed by atoms with Gasteiger partial charge in [0.1, 0.15) is 0 Å². The van der Waals surface area contributed by atoms with E-state index in [2.05, 4.69) is 53.8 Å². The van der Waals surface area contributed by atoms with Crippen LogP contribution in [0.15, 0.2) is 22.5 Å². The molecule has 1 aromatic heterocycles. The first-order valence-corrected chi connectivity index (χ1v) is 11.3. The second-order valence-electron chi connectivity index (χ2n) is 8.51. The maximum atomic E-state index is 5.52. The molecule has 0 radical (unpaired) electrons. The normalized spacial score (nSPS) is 22.1. The molecular weight excluding hydrogens is 483 g/mol. The van der Waals surface area contributed by atoms with Gasteiger partial charge in [0.25, 0.3) is 0 Å². The molecule has 28 heavy (non-hydrogen) atoms. The standard InChI is InChI=1S/C21H36N4OS.HI/c1-4-22-20(23-16-21(2,3)19-6-5-13-27-19)24-18-7-10-25(11-8-18)14-17-9-12-26-15-17;/h5-6,13,17-18H,4,7-12,14-16H2,1-3H3,(H2,22,23,24);1H. The van der Waals surface area contributed by atoms with Crippen LogP contribution in [-0.4, -0.2) is 62.8 Å². The molecule has 1 unspecified atom stereocenters. The third-order valence-electron chi connectivity index (χ3n) is 5.63. The van der Waals surface area contributed by atoms with Crippen molar-refractivity contribution in [2.45, 2.75) is 51.5 Å². The van der Waals surface area contributed by atoms with Crippen LogP contribution in [0.3, 0.4) is 0 Å². The van der Waals surface area contributed by atoms with Crippen LogP contribution >= 0.6 is 35.3 Å². The molecule has 0 aliphatic carbocycles. The number of likely N-dealkylation sites (tertiary alicyclic amines) is 1. The van der Waals surface area contributed by atoms with Gasteiger partial charge in [0.2, 0.25) is 0 Å². The van der Waals surface area contributed by atoms with Crippen molar-refractivity contribution in [3.8, 4) is 0 Å². The van der Waals surface area contributed by atoms with Crippen LogP contribution in [0, 0.1) is 5.92 Å². The molecule has 0 bridgehead atoms. The number of guanidine groups is 1. The zero-order valence-electron chi connectivity index (χ0n) is 17.6. The van der Waals surface area contributed by atoms with Crippen molar-refractivity contribution in [1.82, 2.24) is 15.5 Å². The summed E-state index contributed by atoms with van der Waals surface area (Å²) >= 11 is 1.82. The zero-order chi connectivity index (χ0) is 19.1. The molecule has 0 aromatic carbocycles. The highest BCUT2D eigenvalue weighted by Gasteiger charge is 2.25. The Kier molecular flexibility index (Phi) is 10.00. The van der Waals surface area contributed by atoms with Crippen LogP contribution in [0.5, 0.6) is 0 Å². The maximum Gasteiger partial charge on any atom is 0.191 e. The van der Waals surface area contributed by atoms with Crippen molar-refractivity contribution < 1.29 is 4.74 Å². The van der Waals surface area contributed by atoms with Crippen molar-refractivity contribution >= 4 is 41.3 Å². The molecule has 0 amide bonds. The second-order valence-corrected chi connectivity index (χ2v) is 9.45. The summed E-state index contributed by atoms with van der Waals surface area (Å²) in [5.74, 6) is 1.71. The average Bonchev–Trinajstić information content (AvgIpc) is 3.36. The molecule has 0 spiro atoms. The number of aliphatic imine (C=N–C) groups is 1. The second kappa shape index (κ2) is 11.7. The van der Waals surface area contributed by atoms with Gasteiger partial charge in [-0.1, -0.05) is 19.9 Å².